The first-order valence-electron chi connectivity index (χ1n) is 7.67. The molecule has 5 heteroatoms. The molecule has 0 fully saturated rings. The Labute approximate surface area is 145 Å². The summed E-state index contributed by atoms with van der Waals surface area (Å²) in [6, 6.07) is 16.5. The van der Waals surface area contributed by atoms with Crippen molar-refractivity contribution in [2.75, 3.05) is 12.4 Å². The number of amides is 1. The number of nitrogens with one attached hydrogen (secondary N) is 1. The van der Waals surface area contributed by atoms with E-state index in [1.165, 1.54) is 6.08 Å². The number of nitriles is 1. The second-order valence-corrected chi connectivity index (χ2v) is 5.52. The minimum absolute atomic E-state index is 0.0430. The van der Waals surface area contributed by atoms with E-state index >= 15 is 0 Å². The van der Waals surface area contributed by atoms with Crippen LogP contribution in [-0.2, 0) is 4.79 Å². The number of hydrogen-bond acceptors (Lipinski definition) is 4. The minimum atomic E-state index is -0.487. The summed E-state index contributed by atoms with van der Waals surface area (Å²) in [7, 11) is 1.56. The van der Waals surface area contributed by atoms with Gasteiger partial charge < -0.3 is 14.5 Å². The molecule has 0 spiro atoms. The molecule has 0 bridgehead atoms. The Morgan fingerprint density at radius 1 is 1.24 bits per heavy atom. The molecule has 2 aromatic carbocycles. The lowest BCUT2D eigenvalue weighted by molar-refractivity contribution is -0.112. The average molecular weight is 332 g/mol. The third-order valence-corrected chi connectivity index (χ3v) is 3.71. The number of anilines is 1. The summed E-state index contributed by atoms with van der Waals surface area (Å²) in [6.45, 7) is 1.96. The molecule has 3 rings (SSSR count). The van der Waals surface area contributed by atoms with Gasteiger partial charge in [0.1, 0.15) is 17.4 Å². The first-order valence-corrected chi connectivity index (χ1v) is 7.67. The van der Waals surface area contributed by atoms with Crippen molar-refractivity contribution in [2.45, 2.75) is 6.92 Å². The van der Waals surface area contributed by atoms with Crippen LogP contribution in [0.5, 0.6) is 5.75 Å². The number of aryl methyl sites for hydroxylation is 1. The summed E-state index contributed by atoms with van der Waals surface area (Å²) < 4.78 is 11.0. The largest absolute Gasteiger partial charge is 0.493 e. The van der Waals surface area contributed by atoms with E-state index in [0.717, 1.165) is 10.9 Å². The molecule has 1 heterocycles. The maximum atomic E-state index is 12.3. The fourth-order valence-electron chi connectivity index (χ4n) is 2.41. The number of methoxy groups -OCH3 is 1. The maximum Gasteiger partial charge on any atom is 0.266 e. The van der Waals surface area contributed by atoms with E-state index < -0.39 is 5.91 Å². The Morgan fingerprint density at radius 3 is 2.68 bits per heavy atom. The van der Waals surface area contributed by atoms with Crippen LogP contribution in [0.1, 0.15) is 11.3 Å². The molecule has 0 aliphatic heterocycles. The summed E-state index contributed by atoms with van der Waals surface area (Å²) in [5.74, 6) is 0.522. The standard InChI is InChI=1S/C20H16N2O3/c1-13-6-8-16(9-7-13)22-20(23)15(12-21)11-17-10-14-4-3-5-18(24-2)19(14)25-17/h3-11H,1-2H3,(H,22,23)/b15-11+. The number of carbonyl (C=O) groups excluding carboxylic acids is 1. The smallest absolute Gasteiger partial charge is 0.266 e. The molecule has 124 valence electrons. The van der Waals surface area contributed by atoms with Crippen molar-refractivity contribution in [3.63, 3.8) is 0 Å². The molecule has 1 N–H and O–H groups in total. The van der Waals surface area contributed by atoms with E-state index in [1.807, 2.05) is 37.3 Å². The SMILES string of the molecule is COc1cccc2cc(/C=C(\C#N)C(=O)Nc3ccc(C)cc3)oc12. The molecule has 5 nitrogen and oxygen atoms in total. The molecule has 1 amide bonds. The van der Waals surface area contributed by atoms with Gasteiger partial charge in [-0.2, -0.15) is 5.26 Å². The molecule has 25 heavy (non-hydrogen) atoms. The van der Waals surface area contributed by atoms with Crippen LogP contribution < -0.4 is 10.1 Å². The Balaban J connectivity index is 1.88. The van der Waals surface area contributed by atoms with Gasteiger partial charge in [-0.05, 0) is 31.2 Å². The topological polar surface area (TPSA) is 75.3 Å². The number of para-hydroxylation sites is 1. The van der Waals surface area contributed by atoms with Gasteiger partial charge in [0.25, 0.3) is 5.91 Å². The number of hydrogen-bond donors (Lipinski definition) is 1. The predicted octanol–water partition coefficient (Wildman–Crippen LogP) is 4.30. The summed E-state index contributed by atoms with van der Waals surface area (Å²) in [5.41, 5.74) is 2.25. The van der Waals surface area contributed by atoms with Crippen molar-refractivity contribution >= 4 is 28.6 Å². The van der Waals surface area contributed by atoms with Gasteiger partial charge in [0.2, 0.25) is 0 Å². The van der Waals surface area contributed by atoms with E-state index in [0.29, 0.717) is 22.8 Å². The molecular weight excluding hydrogens is 316 g/mol. The van der Waals surface area contributed by atoms with Crippen molar-refractivity contribution in [3.8, 4) is 11.8 Å². The summed E-state index contributed by atoms with van der Waals surface area (Å²) >= 11 is 0. The zero-order valence-corrected chi connectivity index (χ0v) is 13.9. The van der Waals surface area contributed by atoms with Crippen LogP contribution >= 0.6 is 0 Å². The van der Waals surface area contributed by atoms with Crippen molar-refractivity contribution in [1.82, 2.24) is 0 Å². The van der Waals surface area contributed by atoms with Crippen molar-refractivity contribution in [2.24, 2.45) is 0 Å². The van der Waals surface area contributed by atoms with Crippen LogP contribution in [0.2, 0.25) is 0 Å². The lowest BCUT2D eigenvalue weighted by Crippen LogP contribution is -2.13. The Hall–Kier alpha value is -3.52. The number of fused-ring (bicyclic) bond motifs is 1. The number of furan rings is 1. The van der Waals surface area contributed by atoms with E-state index in [9.17, 15) is 10.1 Å². The fraction of sp³-hybridized carbons (Fsp3) is 0.100. The average Bonchev–Trinajstić information content (AvgIpc) is 3.04. The normalized spacial score (nSPS) is 11.2. The summed E-state index contributed by atoms with van der Waals surface area (Å²) in [6.07, 6.45) is 1.42. The highest BCUT2D eigenvalue weighted by Gasteiger charge is 2.12. The van der Waals surface area contributed by atoms with E-state index in [4.69, 9.17) is 9.15 Å². The van der Waals surface area contributed by atoms with Crippen molar-refractivity contribution in [3.05, 3.63) is 65.4 Å². The van der Waals surface area contributed by atoms with Gasteiger partial charge >= 0.3 is 0 Å². The second-order valence-electron chi connectivity index (χ2n) is 5.52. The number of rotatable bonds is 4. The molecular formula is C20H16N2O3. The first-order chi connectivity index (χ1) is 12.1. The van der Waals surface area contributed by atoms with Crippen LogP contribution in [-0.4, -0.2) is 13.0 Å². The molecule has 0 atom stereocenters. The Morgan fingerprint density at radius 2 is 2.00 bits per heavy atom. The van der Waals surface area contributed by atoms with Gasteiger partial charge in [-0.1, -0.05) is 29.8 Å². The number of benzene rings is 2. The highest BCUT2D eigenvalue weighted by molar-refractivity contribution is 6.09. The van der Waals surface area contributed by atoms with Crippen LogP contribution in [0.3, 0.4) is 0 Å². The van der Waals surface area contributed by atoms with Gasteiger partial charge in [0.15, 0.2) is 11.3 Å². The monoisotopic (exact) mass is 332 g/mol. The zero-order valence-electron chi connectivity index (χ0n) is 13.9. The van der Waals surface area contributed by atoms with Crippen molar-refractivity contribution < 1.29 is 13.9 Å². The molecule has 0 aliphatic carbocycles. The summed E-state index contributed by atoms with van der Waals surface area (Å²) in [5, 5.41) is 12.8. The molecule has 0 radical (unpaired) electrons. The fourth-order valence-corrected chi connectivity index (χ4v) is 2.41. The number of carbonyl (C=O) groups is 1. The third-order valence-electron chi connectivity index (χ3n) is 3.71. The Kier molecular flexibility index (Phi) is 4.53. The lowest BCUT2D eigenvalue weighted by atomic mass is 10.2. The van der Waals surface area contributed by atoms with E-state index in [-0.39, 0.29) is 5.57 Å². The van der Waals surface area contributed by atoms with Gasteiger partial charge in [-0.15, -0.1) is 0 Å². The molecule has 1 aromatic heterocycles. The zero-order chi connectivity index (χ0) is 17.8. The second kappa shape index (κ2) is 6.93. The van der Waals surface area contributed by atoms with Crippen LogP contribution in [0.4, 0.5) is 5.69 Å². The molecule has 0 unspecified atom stereocenters. The quantitative estimate of drug-likeness (QED) is 0.571. The van der Waals surface area contributed by atoms with Gasteiger partial charge in [0.05, 0.1) is 7.11 Å². The van der Waals surface area contributed by atoms with Gasteiger partial charge in [-0.3, -0.25) is 4.79 Å². The van der Waals surface area contributed by atoms with Crippen LogP contribution in [0, 0.1) is 18.3 Å². The maximum absolute atomic E-state index is 12.3. The Bertz CT molecular complexity index is 992. The number of ether oxygens (including phenoxy) is 1. The highest BCUT2D eigenvalue weighted by Crippen LogP contribution is 2.29. The van der Waals surface area contributed by atoms with Gasteiger partial charge in [0, 0.05) is 17.1 Å². The van der Waals surface area contributed by atoms with Gasteiger partial charge in [-0.25, -0.2) is 0 Å². The predicted molar refractivity (Wildman–Crippen MR) is 96.2 cm³/mol. The molecule has 0 aliphatic rings. The molecule has 0 saturated heterocycles. The van der Waals surface area contributed by atoms with Crippen LogP contribution in [0.25, 0.3) is 17.0 Å². The number of nitrogens with zero attached hydrogens (tertiary/aromatic N) is 1. The highest BCUT2D eigenvalue weighted by atomic mass is 16.5. The van der Waals surface area contributed by atoms with Crippen molar-refractivity contribution in [1.29, 1.82) is 5.26 Å². The lowest BCUT2D eigenvalue weighted by Gasteiger charge is -2.04. The summed E-state index contributed by atoms with van der Waals surface area (Å²) in [4.78, 5) is 12.3. The van der Waals surface area contributed by atoms with E-state index in [1.54, 1.807) is 31.4 Å². The van der Waals surface area contributed by atoms with Crippen LogP contribution in [0.15, 0.2) is 58.5 Å². The molecule has 0 saturated carbocycles. The molecule has 3 aromatic rings. The minimum Gasteiger partial charge on any atom is -0.493 e. The van der Waals surface area contributed by atoms with E-state index in [2.05, 4.69) is 5.32 Å². The third kappa shape index (κ3) is 3.54. The first kappa shape index (κ1) is 16.3.